The SMILES string of the molecule is CC(N)CCS(=O)Cc1cc(F)cc(C#N)c1. The molecule has 0 aromatic heterocycles. The van der Waals surface area contributed by atoms with Crippen LogP contribution >= 0.6 is 0 Å². The predicted molar refractivity (Wildman–Crippen MR) is 66.1 cm³/mol. The molecule has 1 aromatic carbocycles. The zero-order valence-corrected chi connectivity index (χ0v) is 10.5. The maximum Gasteiger partial charge on any atom is 0.124 e. The van der Waals surface area contributed by atoms with E-state index >= 15 is 0 Å². The molecule has 0 amide bonds. The molecule has 0 heterocycles. The Labute approximate surface area is 103 Å². The van der Waals surface area contributed by atoms with Gasteiger partial charge < -0.3 is 5.73 Å². The van der Waals surface area contributed by atoms with Gasteiger partial charge in [-0.25, -0.2) is 4.39 Å². The topological polar surface area (TPSA) is 66.9 Å². The lowest BCUT2D eigenvalue weighted by atomic mass is 10.1. The van der Waals surface area contributed by atoms with Crippen molar-refractivity contribution in [2.45, 2.75) is 25.1 Å². The van der Waals surface area contributed by atoms with Crippen LogP contribution in [0.2, 0.25) is 0 Å². The molecule has 0 spiro atoms. The van der Waals surface area contributed by atoms with Gasteiger partial charge in [-0.15, -0.1) is 0 Å². The van der Waals surface area contributed by atoms with Crippen molar-refractivity contribution in [2.24, 2.45) is 5.73 Å². The molecule has 2 unspecified atom stereocenters. The van der Waals surface area contributed by atoms with Crippen molar-refractivity contribution >= 4 is 10.8 Å². The number of benzene rings is 1. The van der Waals surface area contributed by atoms with E-state index in [0.29, 0.717) is 17.7 Å². The first-order valence-electron chi connectivity index (χ1n) is 5.31. The maximum absolute atomic E-state index is 13.1. The summed E-state index contributed by atoms with van der Waals surface area (Å²) in [4.78, 5) is 0. The van der Waals surface area contributed by atoms with Gasteiger partial charge in [0.15, 0.2) is 0 Å². The van der Waals surface area contributed by atoms with E-state index in [2.05, 4.69) is 0 Å². The summed E-state index contributed by atoms with van der Waals surface area (Å²) in [5, 5.41) is 8.69. The largest absolute Gasteiger partial charge is 0.328 e. The molecule has 17 heavy (non-hydrogen) atoms. The molecule has 0 aliphatic carbocycles. The molecule has 0 radical (unpaired) electrons. The fraction of sp³-hybridized carbons (Fsp3) is 0.417. The Balaban J connectivity index is 2.65. The highest BCUT2D eigenvalue weighted by Gasteiger charge is 2.06. The molecule has 3 nitrogen and oxygen atoms in total. The second kappa shape index (κ2) is 6.48. The van der Waals surface area contributed by atoms with Gasteiger partial charge >= 0.3 is 0 Å². The van der Waals surface area contributed by atoms with Crippen LogP contribution in [0.5, 0.6) is 0 Å². The van der Waals surface area contributed by atoms with Crippen LogP contribution in [0, 0.1) is 17.1 Å². The van der Waals surface area contributed by atoms with Crippen molar-refractivity contribution in [3.05, 3.63) is 35.1 Å². The highest BCUT2D eigenvalue weighted by Crippen LogP contribution is 2.11. The molecule has 1 aromatic rings. The van der Waals surface area contributed by atoms with Crippen LogP contribution in [0.25, 0.3) is 0 Å². The maximum atomic E-state index is 13.1. The minimum absolute atomic E-state index is 0.0149. The van der Waals surface area contributed by atoms with E-state index in [1.807, 2.05) is 13.0 Å². The van der Waals surface area contributed by atoms with Gasteiger partial charge in [0, 0.05) is 28.3 Å². The van der Waals surface area contributed by atoms with Crippen LogP contribution in [0.1, 0.15) is 24.5 Å². The number of nitrogens with zero attached hydrogens (tertiary/aromatic N) is 1. The summed E-state index contributed by atoms with van der Waals surface area (Å²) in [7, 11) is -1.07. The Morgan fingerprint density at radius 3 is 2.82 bits per heavy atom. The molecule has 0 bridgehead atoms. The lowest BCUT2D eigenvalue weighted by Crippen LogP contribution is -2.18. The molecule has 0 aliphatic heterocycles. The average Bonchev–Trinajstić information content (AvgIpc) is 2.25. The number of nitriles is 1. The molecule has 2 atom stereocenters. The smallest absolute Gasteiger partial charge is 0.124 e. The number of hydrogen-bond donors (Lipinski definition) is 1. The van der Waals surface area contributed by atoms with Gasteiger partial charge in [0.05, 0.1) is 11.6 Å². The van der Waals surface area contributed by atoms with E-state index in [1.165, 1.54) is 6.07 Å². The first-order valence-corrected chi connectivity index (χ1v) is 6.80. The summed E-state index contributed by atoms with van der Waals surface area (Å²) in [5.41, 5.74) is 6.41. The summed E-state index contributed by atoms with van der Waals surface area (Å²) in [6.07, 6.45) is 0.674. The quantitative estimate of drug-likeness (QED) is 0.869. The molecular formula is C12H15FN2OS. The second-order valence-electron chi connectivity index (χ2n) is 4.01. The third-order valence-corrected chi connectivity index (χ3v) is 3.56. The standard InChI is InChI=1S/C12H15FN2OS/c1-9(15)2-3-17(16)8-11-4-10(7-14)5-12(13)6-11/h4-6,9H,2-3,8,15H2,1H3. The second-order valence-corrected chi connectivity index (χ2v) is 5.59. The third-order valence-electron chi connectivity index (χ3n) is 2.22. The van der Waals surface area contributed by atoms with E-state index in [4.69, 9.17) is 11.0 Å². The first-order chi connectivity index (χ1) is 8.01. The zero-order valence-electron chi connectivity index (χ0n) is 9.65. The Bertz CT molecular complexity index is 454. The van der Waals surface area contributed by atoms with Gasteiger partial charge in [0.1, 0.15) is 5.82 Å². The minimum Gasteiger partial charge on any atom is -0.328 e. The van der Waals surface area contributed by atoms with E-state index in [9.17, 15) is 8.60 Å². The number of halogens is 1. The summed E-state index contributed by atoms with van der Waals surface area (Å²) >= 11 is 0. The van der Waals surface area contributed by atoms with Crippen molar-refractivity contribution in [3.63, 3.8) is 0 Å². The van der Waals surface area contributed by atoms with Crippen molar-refractivity contribution in [3.8, 4) is 6.07 Å². The number of hydrogen-bond acceptors (Lipinski definition) is 3. The molecule has 0 saturated heterocycles. The predicted octanol–water partition coefficient (Wildman–Crippen LogP) is 1.68. The first kappa shape index (κ1) is 13.8. The van der Waals surface area contributed by atoms with Gasteiger partial charge in [-0.1, -0.05) is 0 Å². The van der Waals surface area contributed by atoms with E-state index in [0.717, 1.165) is 6.07 Å². The van der Waals surface area contributed by atoms with Crippen LogP contribution in [-0.4, -0.2) is 16.0 Å². The molecule has 2 N–H and O–H groups in total. The van der Waals surface area contributed by atoms with E-state index < -0.39 is 16.6 Å². The Hall–Kier alpha value is -1.25. The van der Waals surface area contributed by atoms with Crippen LogP contribution in [0.15, 0.2) is 18.2 Å². The Kier molecular flexibility index (Phi) is 5.26. The average molecular weight is 254 g/mol. The van der Waals surface area contributed by atoms with Crippen LogP contribution in [-0.2, 0) is 16.6 Å². The lowest BCUT2D eigenvalue weighted by molar-refractivity contribution is 0.625. The molecule has 0 saturated carbocycles. The third kappa shape index (κ3) is 5.07. The molecule has 0 aliphatic rings. The zero-order chi connectivity index (χ0) is 12.8. The van der Waals surface area contributed by atoms with Gasteiger partial charge in [-0.2, -0.15) is 5.26 Å². The lowest BCUT2D eigenvalue weighted by Gasteiger charge is -2.05. The summed E-state index contributed by atoms with van der Waals surface area (Å²) in [5.74, 6) is 0.290. The van der Waals surface area contributed by atoms with E-state index in [1.54, 1.807) is 6.07 Å². The molecule has 5 heteroatoms. The van der Waals surface area contributed by atoms with Gasteiger partial charge in [-0.3, -0.25) is 4.21 Å². The number of nitrogens with two attached hydrogens (primary N) is 1. The normalized spacial score (nSPS) is 14.0. The Morgan fingerprint density at radius 2 is 2.24 bits per heavy atom. The van der Waals surface area contributed by atoms with E-state index in [-0.39, 0.29) is 17.4 Å². The van der Waals surface area contributed by atoms with Crippen LogP contribution in [0.3, 0.4) is 0 Å². The molecule has 0 fully saturated rings. The van der Waals surface area contributed by atoms with Gasteiger partial charge in [0.2, 0.25) is 0 Å². The molecule has 1 rings (SSSR count). The summed E-state index contributed by atoms with van der Waals surface area (Å²) in [6, 6.07) is 5.92. The van der Waals surface area contributed by atoms with Crippen molar-refractivity contribution in [1.29, 1.82) is 5.26 Å². The van der Waals surface area contributed by atoms with Crippen molar-refractivity contribution in [2.75, 3.05) is 5.75 Å². The monoisotopic (exact) mass is 254 g/mol. The molecular weight excluding hydrogens is 239 g/mol. The number of rotatable bonds is 5. The highest BCUT2D eigenvalue weighted by atomic mass is 32.2. The van der Waals surface area contributed by atoms with Crippen LogP contribution < -0.4 is 5.73 Å². The highest BCUT2D eigenvalue weighted by molar-refractivity contribution is 7.84. The minimum atomic E-state index is -1.07. The van der Waals surface area contributed by atoms with Crippen LogP contribution in [0.4, 0.5) is 4.39 Å². The van der Waals surface area contributed by atoms with Gasteiger partial charge in [0.25, 0.3) is 0 Å². The van der Waals surface area contributed by atoms with Gasteiger partial charge in [-0.05, 0) is 37.1 Å². The fourth-order valence-corrected chi connectivity index (χ4v) is 2.69. The van der Waals surface area contributed by atoms with Crippen molar-refractivity contribution < 1.29 is 8.60 Å². The fourth-order valence-electron chi connectivity index (χ4n) is 1.37. The summed E-state index contributed by atoms with van der Waals surface area (Å²) in [6.45, 7) is 1.85. The summed E-state index contributed by atoms with van der Waals surface area (Å²) < 4.78 is 24.8. The van der Waals surface area contributed by atoms with Crippen molar-refractivity contribution in [1.82, 2.24) is 0 Å². The Morgan fingerprint density at radius 1 is 1.53 bits per heavy atom. The molecule has 92 valence electrons.